The van der Waals surface area contributed by atoms with Gasteiger partial charge in [-0.25, -0.2) is 4.98 Å². The van der Waals surface area contributed by atoms with E-state index < -0.39 is 0 Å². The Morgan fingerprint density at radius 1 is 1.59 bits per heavy atom. The second-order valence-corrected chi connectivity index (χ2v) is 4.92. The summed E-state index contributed by atoms with van der Waals surface area (Å²) in [5.41, 5.74) is 1.07. The van der Waals surface area contributed by atoms with Crippen LogP contribution in [-0.2, 0) is 0 Å². The molecular formula is C12H12BrN3O. The molecule has 1 aliphatic carbocycles. The van der Waals surface area contributed by atoms with E-state index in [9.17, 15) is 4.79 Å². The predicted molar refractivity (Wildman–Crippen MR) is 66.7 cm³/mol. The second-order valence-electron chi connectivity index (χ2n) is 4.36. The first-order valence-corrected chi connectivity index (χ1v) is 6.52. The van der Waals surface area contributed by atoms with Crippen LogP contribution in [0.4, 0.5) is 0 Å². The second kappa shape index (κ2) is 4.84. The molecule has 1 aromatic rings. The van der Waals surface area contributed by atoms with Crippen LogP contribution in [0.2, 0.25) is 0 Å². The van der Waals surface area contributed by atoms with Crippen molar-refractivity contribution in [3.05, 3.63) is 29.6 Å². The molecule has 1 amide bonds. The average Bonchev–Trinajstić information content (AvgIpc) is 3.17. The van der Waals surface area contributed by atoms with E-state index in [1.54, 1.807) is 12.1 Å². The number of halogens is 1. The van der Waals surface area contributed by atoms with E-state index in [1.807, 2.05) is 6.07 Å². The first-order valence-electron chi connectivity index (χ1n) is 5.39. The SMILES string of the molecule is N#Cc1ccc(C(=O)NCC2(CBr)CC2)nc1. The highest BCUT2D eigenvalue weighted by Crippen LogP contribution is 2.46. The number of carbonyl (C=O) groups is 1. The van der Waals surface area contributed by atoms with E-state index in [1.165, 1.54) is 6.20 Å². The Bertz CT molecular complexity index is 460. The summed E-state index contributed by atoms with van der Waals surface area (Å²) < 4.78 is 0. The number of nitrogens with one attached hydrogen (secondary N) is 1. The number of hydrogen-bond donors (Lipinski definition) is 1. The fourth-order valence-corrected chi connectivity index (χ4v) is 2.25. The minimum absolute atomic E-state index is 0.179. The highest BCUT2D eigenvalue weighted by Gasteiger charge is 2.41. The average molecular weight is 294 g/mol. The van der Waals surface area contributed by atoms with E-state index in [0.717, 1.165) is 18.2 Å². The summed E-state index contributed by atoms with van der Waals surface area (Å²) >= 11 is 3.46. The maximum Gasteiger partial charge on any atom is 0.269 e. The molecule has 4 nitrogen and oxygen atoms in total. The van der Waals surface area contributed by atoms with Crippen molar-refractivity contribution in [2.45, 2.75) is 12.8 Å². The van der Waals surface area contributed by atoms with Crippen molar-refractivity contribution < 1.29 is 4.79 Å². The molecule has 1 N–H and O–H groups in total. The maximum absolute atomic E-state index is 11.8. The minimum atomic E-state index is -0.179. The highest BCUT2D eigenvalue weighted by molar-refractivity contribution is 9.09. The Morgan fingerprint density at radius 2 is 2.35 bits per heavy atom. The summed E-state index contributed by atoms with van der Waals surface area (Å²) in [7, 11) is 0. The monoisotopic (exact) mass is 293 g/mol. The number of hydrogen-bond acceptors (Lipinski definition) is 3. The molecule has 1 fully saturated rings. The number of rotatable bonds is 4. The highest BCUT2D eigenvalue weighted by atomic mass is 79.9. The molecule has 1 aliphatic rings. The molecule has 0 aliphatic heterocycles. The number of alkyl halides is 1. The Labute approximate surface area is 108 Å². The van der Waals surface area contributed by atoms with Gasteiger partial charge in [0.2, 0.25) is 0 Å². The third kappa shape index (κ3) is 2.83. The van der Waals surface area contributed by atoms with Gasteiger partial charge in [0.1, 0.15) is 11.8 Å². The van der Waals surface area contributed by atoms with Gasteiger partial charge in [-0.3, -0.25) is 4.79 Å². The van der Waals surface area contributed by atoms with Crippen molar-refractivity contribution in [1.29, 1.82) is 5.26 Å². The number of pyridine rings is 1. The summed E-state index contributed by atoms with van der Waals surface area (Å²) in [4.78, 5) is 15.7. The normalized spacial score (nSPS) is 16.0. The Balaban J connectivity index is 1.93. The standard InChI is InChI=1S/C12H12BrN3O/c13-7-12(3-4-12)8-16-11(17)10-2-1-9(5-14)6-15-10/h1-2,6H,3-4,7-8H2,(H,16,17). The molecule has 0 bridgehead atoms. The third-order valence-corrected chi connectivity index (χ3v) is 4.18. The largest absolute Gasteiger partial charge is 0.350 e. The Morgan fingerprint density at radius 3 is 2.82 bits per heavy atom. The molecule has 5 heteroatoms. The van der Waals surface area contributed by atoms with E-state index in [0.29, 0.717) is 17.8 Å². The van der Waals surface area contributed by atoms with Crippen LogP contribution in [0.15, 0.2) is 18.3 Å². The lowest BCUT2D eigenvalue weighted by atomic mass is 10.1. The lowest BCUT2D eigenvalue weighted by Crippen LogP contribution is -2.31. The zero-order chi connectivity index (χ0) is 12.3. The van der Waals surface area contributed by atoms with Crippen molar-refractivity contribution >= 4 is 21.8 Å². The van der Waals surface area contributed by atoms with Crippen LogP contribution in [0.1, 0.15) is 28.9 Å². The molecule has 0 saturated heterocycles. The maximum atomic E-state index is 11.8. The van der Waals surface area contributed by atoms with E-state index >= 15 is 0 Å². The molecular weight excluding hydrogens is 282 g/mol. The van der Waals surface area contributed by atoms with Crippen LogP contribution in [0.3, 0.4) is 0 Å². The minimum Gasteiger partial charge on any atom is -0.350 e. The molecule has 17 heavy (non-hydrogen) atoms. The fraction of sp³-hybridized carbons (Fsp3) is 0.417. The van der Waals surface area contributed by atoms with Gasteiger partial charge in [-0.05, 0) is 30.4 Å². The Hall–Kier alpha value is -1.41. The van der Waals surface area contributed by atoms with Gasteiger partial charge >= 0.3 is 0 Å². The first kappa shape index (κ1) is 12.1. The van der Waals surface area contributed by atoms with Gasteiger partial charge in [-0.2, -0.15) is 5.26 Å². The number of aromatic nitrogens is 1. The van der Waals surface area contributed by atoms with Gasteiger partial charge in [0, 0.05) is 18.1 Å². The van der Waals surface area contributed by atoms with Crippen LogP contribution in [0, 0.1) is 16.7 Å². The van der Waals surface area contributed by atoms with E-state index in [2.05, 4.69) is 26.2 Å². The molecule has 1 heterocycles. The molecule has 0 radical (unpaired) electrons. The predicted octanol–water partition coefficient (Wildman–Crippen LogP) is 1.86. The van der Waals surface area contributed by atoms with E-state index in [4.69, 9.17) is 5.26 Å². The summed E-state index contributed by atoms with van der Waals surface area (Å²) in [5, 5.41) is 12.4. The Kier molecular flexibility index (Phi) is 3.43. The molecule has 0 atom stereocenters. The van der Waals surface area contributed by atoms with Crippen molar-refractivity contribution in [2.24, 2.45) is 5.41 Å². The molecule has 0 unspecified atom stereocenters. The van der Waals surface area contributed by atoms with Crippen LogP contribution < -0.4 is 5.32 Å². The summed E-state index contributed by atoms with van der Waals surface area (Å²) in [6.45, 7) is 0.679. The number of amides is 1. The quantitative estimate of drug-likeness (QED) is 0.862. The summed E-state index contributed by atoms with van der Waals surface area (Å²) in [5.74, 6) is -0.179. The van der Waals surface area contributed by atoms with Crippen LogP contribution in [0.25, 0.3) is 0 Å². The van der Waals surface area contributed by atoms with Crippen molar-refractivity contribution in [3.63, 3.8) is 0 Å². The number of carbonyl (C=O) groups excluding carboxylic acids is 1. The number of nitriles is 1. The van der Waals surface area contributed by atoms with Gasteiger partial charge < -0.3 is 5.32 Å². The molecule has 1 aromatic heterocycles. The van der Waals surface area contributed by atoms with E-state index in [-0.39, 0.29) is 11.3 Å². The molecule has 1 saturated carbocycles. The first-order chi connectivity index (χ1) is 8.19. The van der Waals surface area contributed by atoms with Gasteiger partial charge in [0.05, 0.1) is 5.56 Å². The number of nitrogens with zero attached hydrogens (tertiary/aromatic N) is 2. The van der Waals surface area contributed by atoms with Crippen LogP contribution >= 0.6 is 15.9 Å². The fourth-order valence-electron chi connectivity index (χ4n) is 1.49. The van der Waals surface area contributed by atoms with Gasteiger partial charge in [0.25, 0.3) is 5.91 Å². The van der Waals surface area contributed by atoms with Crippen molar-refractivity contribution in [2.75, 3.05) is 11.9 Å². The lowest BCUT2D eigenvalue weighted by molar-refractivity contribution is 0.0941. The van der Waals surface area contributed by atoms with Gasteiger partial charge in [0.15, 0.2) is 0 Å². The van der Waals surface area contributed by atoms with Crippen LogP contribution in [-0.4, -0.2) is 22.8 Å². The zero-order valence-electron chi connectivity index (χ0n) is 9.24. The third-order valence-electron chi connectivity index (χ3n) is 2.99. The van der Waals surface area contributed by atoms with Crippen molar-refractivity contribution in [3.8, 4) is 6.07 Å². The summed E-state index contributed by atoms with van der Waals surface area (Å²) in [6, 6.07) is 5.14. The lowest BCUT2D eigenvalue weighted by Gasteiger charge is -2.12. The molecule has 2 rings (SSSR count). The molecule has 88 valence electrons. The van der Waals surface area contributed by atoms with Gasteiger partial charge in [-0.15, -0.1) is 0 Å². The summed E-state index contributed by atoms with van der Waals surface area (Å²) in [6.07, 6.45) is 3.71. The molecule has 0 spiro atoms. The van der Waals surface area contributed by atoms with Crippen molar-refractivity contribution in [1.82, 2.24) is 10.3 Å². The van der Waals surface area contributed by atoms with Gasteiger partial charge in [-0.1, -0.05) is 15.9 Å². The van der Waals surface area contributed by atoms with Crippen LogP contribution in [0.5, 0.6) is 0 Å². The smallest absolute Gasteiger partial charge is 0.269 e. The topological polar surface area (TPSA) is 65.8 Å². The zero-order valence-corrected chi connectivity index (χ0v) is 10.8. The molecule has 0 aromatic carbocycles.